The predicted molar refractivity (Wildman–Crippen MR) is 106 cm³/mol. The van der Waals surface area contributed by atoms with E-state index in [1.807, 2.05) is 12.1 Å². The summed E-state index contributed by atoms with van der Waals surface area (Å²) in [5, 5.41) is 0. The zero-order valence-corrected chi connectivity index (χ0v) is 16.6. The molecule has 0 saturated heterocycles. The molecule has 0 atom stereocenters. The molecule has 0 bridgehead atoms. The average Bonchev–Trinajstić information content (AvgIpc) is 3.20. The SMILES string of the molecule is Cc1cc(C2=CC3(C=C2c2ccc(S(C)(=O)=O)cc2)CC3)ccc1Br. The molecule has 4 heteroatoms. The standard InChI is InChI=1S/C21H19BrO2S/c1-14-11-16(5-8-20(14)22)19-13-21(9-10-21)12-18(19)15-3-6-17(7-4-15)25(2,23)24/h3-8,11-13H,9-10H2,1-2H3. The predicted octanol–water partition coefficient (Wildman–Crippen LogP) is 5.42. The molecule has 0 unspecified atom stereocenters. The van der Waals surface area contributed by atoms with Crippen LogP contribution in [0.15, 0.2) is 64.0 Å². The highest BCUT2D eigenvalue weighted by atomic mass is 79.9. The van der Waals surface area contributed by atoms with E-state index in [0.717, 1.165) is 10.0 Å². The van der Waals surface area contributed by atoms with Gasteiger partial charge in [0.25, 0.3) is 0 Å². The lowest BCUT2D eigenvalue weighted by Gasteiger charge is -2.11. The van der Waals surface area contributed by atoms with Crippen LogP contribution >= 0.6 is 15.9 Å². The van der Waals surface area contributed by atoms with Gasteiger partial charge in [0.05, 0.1) is 4.90 Å². The molecule has 1 spiro atoms. The van der Waals surface area contributed by atoms with E-state index in [2.05, 4.69) is 53.2 Å². The van der Waals surface area contributed by atoms with Crippen molar-refractivity contribution >= 4 is 36.9 Å². The van der Waals surface area contributed by atoms with E-state index in [0.29, 0.717) is 4.90 Å². The first-order valence-electron chi connectivity index (χ1n) is 8.31. The molecule has 1 fully saturated rings. The molecule has 2 aromatic rings. The molecule has 1 saturated carbocycles. The van der Waals surface area contributed by atoms with Gasteiger partial charge in [-0.15, -0.1) is 0 Å². The molecule has 0 aromatic heterocycles. The van der Waals surface area contributed by atoms with Gasteiger partial charge in [-0.25, -0.2) is 8.42 Å². The first kappa shape index (κ1) is 16.8. The summed E-state index contributed by atoms with van der Waals surface area (Å²) < 4.78 is 24.5. The van der Waals surface area contributed by atoms with Crippen LogP contribution in [0.5, 0.6) is 0 Å². The van der Waals surface area contributed by atoms with Gasteiger partial charge in [-0.1, -0.05) is 52.3 Å². The highest BCUT2D eigenvalue weighted by Crippen LogP contribution is 2.57. The van der Waals surface area contributed by atoms with Gasteiger partial charge in [0.1, 0.15) is 0 Å². The number of halogens is 1. The molecule has 2 aromatic carbocycles. The second-order valence-corrected chi connectivity index (χ2v) is 9.98. The highest BCUT2D eigenvalue weighted by molar-refractivity contribution is 9.10. The van der Waals surface area contributed by atoms with Crippen molar-refractivity contribution < 1.29 is 8.42 Å². The van der Waals surface area contributed by atoms with Crippen molar-refractivity contribution in [3.8, 4) is 0 Å². The molecule has 0 radical (unpaired) electrons. The summed E-state index contributed by atoms with van der Waals surface area (Å²) in [5.41, 5.74) is 6.16. The van der Waals surface area contributed by atoms with Gasteiger partial charge in [-0.3, -0.25) is 0 Å². The molecule has 0 N–H and O–H groups in total. The summed E-state index contributed by atoms with van der Waals surface area (Å²) >= 11 is 3.57. The van der Waals surface area contributed by atoms with Gasteiger partial charge in [0.2, 0.25) is 0 Å². The summed E-state index contributed by atoms with van der Waals surface area (Å²) in [6.45, 7) is 2.10. The maximum absolute atomic E-state index is 11.7. The van der Waals surface area contributed by atoms with Crippen molar-refractivity contribution in [1.29, 1.82) is 0 Å². The largest absolute Gasteiger partial charge is 0.224 e. The van der Waals surface area contributed by atoms with Gasteiger partial charge in [-0.2, -0.15) is 0 Å². The quantitative estimate of drug-likeness (QED) is 0.671. The fraction of sp³-hybridized carbons (Fsp3) is 0.238. The molecule has 0 heterocycles. The van der Waals surface area contributed by atoms with Crippen LogP contribution in [0.1, 0.15) is 29.5 Å². The van der Waals surface area contributed by atoms with Crippen LogP contribution in [-0.4, -0.2) is 14.7 Å². The Morgan fingerprint density at radius 1 is 0.920 bits per heavy atom. The van der Waals surface area contributed by atoms with E-state index >= 15 is 0 Å². The van der Waals surface area contributed by atoms with Gasteiger partial charge < -0.3 is 0 Å². The Balaban J connectivity index is 1.78. The summed E-state index contributed by atoms with van der Waals surface area (Å²) in [5.74, 6) is 0. The van der Waals surface area contributed by atoms with Gasteiger partial charge in [-0.05, 0) is 65.8 Å². The van der Waals surface area contributed by atoms with Crippen LogP contribution in [0, 0.1) is 12.3 Å². The summed E-state index contributed by atoms with van der Waals surface area (Å²) in [6, 6.07) is 13.7. The molecular formula is C21H19BrO2S. The van der Waals surface area contributed by atoms with Crippen LogP contribution in [-0.2, 0) is 9.84 Å². The van der Waals surface area contributed by atoms with E-state index in [1.54, 1.807) is 12.1 Å². The normalized spacial score (nSPS) is 18.2. The van der Waals surface area contributed by atoms with E-state index in [9.17, 15) is 8.42 Å². The Labute approximate surface area is 157 Å². The molecule has 128 valence electrons. The third-order valence-electron chi connectivity index (χ3n) is 5.04. The second kappa shape index (κ2) is 5.68. The number of hydrogen-bond donors (Lipinski definition) is 0. The Morgan fingerprint density at radius 2 is 1.48 bits per heavy atom. The fourth-order valence-electron chi connectivity index (χ4n) is 3.38. The average molecular weight is 415 g/mol. The molecule has 0 amide bonds. The molecule has 2 nitrogen and oxygen atoms in total. The monoisotopic (exact) mass is 414 g/mol. The van der Waals surface area contributed by atoms with E-state index in [-0.39, 0.29) is 5.41 Å². The Kier molecular flexibility index (Phi) is 3.82. The first-order valence-corrected chi connectivity index (χ1v) is 11.0. The van der Waals surface area contributed by atoms with E-state index in [1.165, 1.54) is 41.4 Å². The summed E-state index contributed by atoms with van der Waals surface area (Å²) in [7, 11) is -3.17. The minimum Gasteiger partial charge on any atom is -0.224 e. The van der Waals surface area contributed by atoms with Crippen molar-refractivity contribution in [2.45, 2.75) is 24.7 Å². The Morgan fingerprint density at radius 3 is 2.00 bits per heavy atom. The summed E-state index contributed by atoms with van der Waals surface area (Å²) in [4.78, 5) is 0.362. The molecule has 25 heavy (non-hydrogen) atoms. The lowest BCUT2D eigenvalue weighted by molar-refractivity contribution is 0.602. The zero-order valence-electron chi connectivity index (χ0n) is 14.2. The molecule has 0 aliphatic heterocycles. The molecule has 2 aliphatic carbocycles. The third-order valence-corrected chi connectivity index (χ3v) is 7.06. The van der Waals surface area contributed by atoms with Crippen LogP contribution in [0.25, 0.3) is 11.1 Å². The van der Waals surface area contributed by atoms with Crippen molar-refractivity contribution in [1.82, 2.24) is 0 Å². The second-order valence-electron chi connectivity index (χ2n) is 7.11. The number of hydrogen-bond acceptors (Lipinski definition) is 2. The van der Waals surface area contributed by atoms with Crippen molar-refractivity contribution in [3.63, 3.8) is 0 Å². The van der Waals surface area contributed by atoms with Crippen LogP contribution < -0.4 is 0 Å². The number of aryl methyl sites for hydroxylation is 1. The van der Waals surface area contributed by atoms with Gasteiger partial charge >= 0.3 is 0 Å². The van der Waals surface area contributed by atoms with Crippen molar-refractivity contribution in [3.05, 3.63) is 75.8 Å². The van der Waals surface area contributed by atoms with Crippen molar-refractivity contribution in [2.24, 2.45) is 5.41 Å². The molecule has 2 aliphatic rings. The maximum Gasteiger partial charge on any atom is 0.175 e. The van der Waals surface area contributed by atoms with E-state index in [4.69, 9.17) is 0 Å². The number of sulfone groups is 1. The topological polar surface area (TPSA) is 34.1 Å². The van der Waals surface area contributed by atoms with Gasteiger partial charge in [0, 0.05) is 16.1 Å². The van der Waals surface area contributed by atoms with Crippen molar-refractivity contribution in [2.75, 3.05) is 6.26 Å². The maximum atomic E-state index is 11.7. The highest BCUT2D eigenvalue weighted by Gasteiger charge is 2.43. The molecular weight excluding hydrogens is 396 g/mol. The minimum atomic E-state index is -3.17. The number of benzene rings is 2. The first-order chi connectivity index (χ1) is 11.8. The summed E-state index contributed by atoms with van der Waals surface area (Å²) in [6.07, 6.45) is 8.37. The van der Waals surface area contributed by atoms with E-state index < -0.39 is 9.84 Å². The number of allylic oxidation sites excluding steroid dienone is 4. The third kappa shape index (κ3) is 3.13. The zero-order chi connectivity index (χ0) is 17.8. The molecule has 4 rings (SSSR count). The minimum absolute atomic E-state index is 0.209. The lowest BCUT2D eigenvalue weighted by Crippen LogP contribution is -1.97. The Hall–Kier alpha value is -1.65. The smallest absolute Gasteiger partial charge is 0.175 e. The van der Waals surface area contributed by atoms with Gasteiger partial charge in [0.15, 0.2) is 9.84 Å². The lowest BCUT2D eigenvalue weighted by atomic mass is 9.94. The number of rotatable bonds is 3. The van der Waals surface area contributed by atoms with Crippen LogP contribution in [0.3, 0.4) is 0 Å². The Bertz CT molecular complexity index is 1020. The fourth-order valence-corrected chi connectivity index (χ4v) is 4.25. The van der Waals surface area contributed by atoms with Crippen LogP contribution in [0.2, 0.25) is 0 Å². The van der Waals surface area contributed by atoms with Crippen LogP contribution in [0.4, 0.5) is 0 Å².